The Morgan fingerprint density at radius 1 is 1.21 bits per heavy atom. The van der Waals surface area contributed by atoms with Crippen LogP contribution < -0.4 is 20.1 Å². The van der Waals surface area contributed by atoms with Crippen LogP contribution in [-0.2, 0) is 17.5 Å². The van der Waals surface area contributed by atoms with Crippen LogP contribution in [0, 0.1) is 0 Å². The molecule has 0 saturated carbocycles. The van der Waals surface area contributed by atoms with Gasteiger partial charge in [-0.2, -0.15) is 13.2 Å². The molecule has 1 amide bonds. The Labute approximate surface area is 165 Å². The van der Waals surface area contributed by atoms with Gasteiger partial charge in [0.15, 0.2) is 11.5 Å². The maximum atomic E-state index is 12.7. The molecule has 2 N–H and O–H groups in total. The molecule has 2 aromatic carbocycles. The average Bonchev–Trinajstić information content (AvgIpc) is 2.66. The summed E-state index contributed by atoms with van der Waals surface area (Å²) in [6.45, 7) is 2.24. The largest absolute Gasteiger partial charge is 0.493 e. The first kappa shape index (κ1) is 21.7. The molecule has 2 aromatic rings. The van der Waals surface area contributed by atoms with Crippen LogP contribution in [0.4, 0.5) is 18.9 Å². The molecule has 0 heterocycles. The summed E-state index contributed by atoms with van der Waals surface area (Å²) in [5.41, 5.74) is 0.113. The Kier molecular flexibility index (Phi) is 7.39. The quantitative estimate of drug-likeness (QED) is 0.665. The molecule has 152 valence electrons. The molecule has 0 unspecified atom stereocenters. The first-order chi connectivity index (χ1) is 13.2. The van der Waals surface area contributed by atoms with Gasteiger partial charge in [-0.3, -0.25) is 4.79 Å². The molecule has 0 atom stereocenters. The molecule has 9 heteroatoms. The van der Waals surface area contributed by atoms with Gasteiger partial charge in [0, 0.05) is 12.2 Å². The van der Waals surface area contributed by atoms with E-state index in [9.17, 15) is 18.0 Å². The highest BCUT2D eigenvalue weighted by Crippen LogP contribution is 2.36. The van der Waals surface area contributed by atoms with Crippen molar-refractivity contribution in [1.29, 1.82) is 0 Å². The number of ether oxygens (including phenoxy) is 2. The molecule has 28 heavy (non-hydrogen) atoms. The van der Waals surface area contributed by atoms with Crippen molar-refractivity contribution in [2.75, 3.05) is 25.6 Å². The molecular weight excluding hydrogens is 397 g/mol. The summed E-state index contributed by atoms with van der Waals surface area (Å²) >= 11 is 6.18. The summed E-state index contributed by atoms with van der Waals surface area (Å²) in [6, 6.07) is 7.99. The molecular formula is C19H20ClF3N2O3. The second kappa shape index (κ2) is 9.54. The highest BCUT2D eigenvalue weighted by atomic mass is 35.5. The molecule has 0 saturated heterocycles. The van der Waals surface area contributed by atoms with Crippen molar-refractivity contribution in [3.8, 4) is 11.5 Å². The smallest absolute Gasteiger partial charge is 0.416 e. The van der Waals surface area contributed by atoms with Gasteiger partial charge in [-0.25, -0.2) is 0 Å². The Balaban J connectivity index is 1.93. The summed E-state index contributed by atoms with van der Waals surface area (Å²) in [5.74, 6) is 0.482. The fraction of sp³-hybridized carbons (Fsp3) is 0.316. The third kappa shape index (κ3) is 5.95. The van der Waals surface area contributed by atoms with Crippen LogP contribution in [0.15, 0.2) is 36.4 Å². The van der Waals surface area contributed by atoms with Gasteiger partial charge in [-0.15, -0.1) is 0 Å². The Morgan fingerprint density at radius 3 is 2.61 bits per heavy atom. The first-order valence-electron chi connectivity index (χ1n) is 8.41. The van der Waals surface area contributed by atoms with Gasteiger partial charge in [0.1, 0.15) is 0 Å². The Morgan fingerprint density at radius 2 is 1.96 bits per heavy atom. The summed E-state index contributed by atoms with van der Waals surface area (Å²) in [5, 5.41) is 5.69. The van der Waals surface area contributed by atoms with E-state index in [0.29, 0.717) is 28.7 Å². The number of hydrogen-bond acceptors (Lipinski definition) is 4. The molecule has 0 aromatic heterocycles. The van der Waals surface area contributed by atoms with Crippen molar-refractivity contribution in [2.45, 2.75) is 19.6 Å². The average molecular weight is 417 g/mol. The zero-order chi connectivity index (χ0) is 20.7. The van der Waals surface area contributed by atoms with Gasteiger partial charge in [0.2, 0.25) is 5.91 Å². The van der Waals surface area contributed by atoms with Crippen LogP contribution in [0.25, 0.3) is 0 Å². The molecule has 2 rings (SSSR count). The topological polar surface area (TPSA) is 59.6 Å². The fourth-order valence-electron chi connectivity index (χ4n) is 2.41. The number of halogens is 4. The van der Waals surface area contributed by atoms with Gasteiger partial charge in [-0.1, -0.05) is 17.7 Å². The summed E-state index contributed by atoms with van der Waals surface area (Å²) < 4.78 is 48.8. The lowest BCUT2D eigenvalue weighted by molar-refractivity contribution is -0.137. The van der Waals surface area contributed by atoms with Crippen LogP contribution >= 0.6 is 11.6 Å². The minimum atomic E-state index is -4.44. The van der Waals surface area contributed by atoms with E-state index >= 15 is 0 Å². The maximum Gasteiger partial charge on any atom is 0.416 e. The number of carbonyl (C=O) groups excluding carboxylic acids is 1. The van der Waals surface area contributed by atoms with Crippen molar-refractivity contribution in [1.82, 2.24) is 5.32 Å². The molecule has 0 aliphatic heterocycles. The summed E-state index contributed by atoms with van der Waals surface area (Å²) in [6.07, 6.45) is -4.44. The van der Waals surface area contributed by atoms with E-state index in [0.717, 1.165) is 12.1 Å². The number of amides is 1. The zero-order valence-corrected chi connectivity index (χ0v) is 16.1. The normalized spacial score (nSPS) is 11.1. The summed E-state index contributed by atoms with van der Waals surface area (Å²) in [7, 11) is 1.48. The lowest BCUT2D eigenvalue weighted by Crippen LogP contribution is -2.29. The Bertz CT molecular complexity index is 829. The lowest BCUT2D eigenvalue weighted by Gasteiger charge is -2.14. The molecule has 0 aliphatic carbocycles. The van der Waals surface area contributed by atoms with Crippen LogP contribution in [-0.4, -0.2) is 26.2 Å². The number of alkyl halides is 3. The number of benzene rings is 2. The number of hydrogen-bond donors (Lipinski definition) is 2. The van der Waals surface area contributed by atoms with E-state index in [1.807, 2.05) is 6.92 Å². The SMILES string of the molecule is CCOc1c(Cl)cc(CNC(=O)CNc2cccc(C(F)(F)F)c2)cc1OC. The minimum absolute atomic E-state index is 0.172. The fourth-order valence-corrected chi connectivity index (χ4v) is 2.70. The third-order valence-electron chi connectivity index (χ3n) is 3.71. The van der Waals surface area contributed by atoms with Crippen molar-refractivity contribution in [2.24, 2.45) is 0 Å². The molecule has 0 fully saturated rings. The number of nitrogens with one attached hydrogen (secondary N) is 2. The molecule has 5 nitrogen and oxygen atoms in total. The lowest BCUT2D eigenvalue weighted by atomic mass is 10.2. The van der Waals surface area contributed by atoms with Crippen molar-refractivity contribution < 1.29 is 27.4 Å². The number of anilines is 1. The van der Waals surface area contributed by atoms with Crippen LogP contribution in [0.3, 0.4) is 0 Å². The van der Waals surface area contributed by atoms with Gasteiger partial charge < -0.3 is 20.1 Å². The highest BCUT2D eigenvalue weighted by molar-refractivity contribution is 6.32. The van der Waals surface area contributed by atoms with E-state index in [-0.39, 0.29) is 24.7 Å². The van der Waals surface area contributed by atoms with E-state index in [1.54, 1.807) is 12.1 Å². The molecule has 0 bridgehead atoms. The van der Waals surface area contributed by atoms with Crippen LogP contribution in [0.2, 0.25) is 5.02 Å². The van der Waals surface area contributed by atoms with Crippen molar-refractivity contribution in [3.63, 3.8) is 0 Å². The number of carbonyl (C=O) groups is 1. The minimum Gasteiger partial charge on any atom is -0.493 e. The van der Waals surface area contributed by atoms with Gasteiger partial charge in [-0.05, 0) is 42.8 Å². The van der Waals surface area contributed by atoms with Crippen molar-refractivity contribution >= 4 is 23.2 Å². The van der Waals surface area contributed by atoms with Gasteiger partial charge in [0.05, 0.1) is 30.8 Å². The molecule has 0 radical (unpaired) electrons. The predicted octanol–water partition coefficient (Wildman–Crippen LogP) is 4.49. The summed E-state index contributed by atoms with van der Waals surface area (Å²) in [4.78, 5) is 12.0. The second-order valence-corrected chi connectivity index (χ2v) is 6.16. The van der Waals surface area contributed by atoms with Gasteiger partial charge in [0.25, 0.3) is 0 Å². The standard InChI is InChI=1S/C19H20ClF3N2O3/c1-3-28-18-15(20)7-12(8-16(18)27-2)10-25-17(26)11-24-14-6-4-5-13(9-14)19(21,22)23/h4-9,24H,3,10-11H2,1-2H3,(H,25,26). The van der Waals surface area contributed by atoms with E-state index in [4.69, 9.17) is 21.1 Å². The maximum absolute atomic E-state index is 12.7. The van der Waals surface area contributed by atoms with Crippen molar-refractivity contribution in [3.05, 3.63) is 52.5 Å². The number of methoxy groups -OCH3 is 1. The van der Waals surface area contributed by atoms with Crippen LogP contribution in [0.1, 0.15) is 18.1 Å². The molecule has 0 aliphatic rings. The molecule has 0 spiro atoms. The predicted molar refractivity (Wildman–Crippen MR) is 101 cm³/mol. The third-order valence-corrected chi connectivity index (χ3v) is 3.99. The second-order valence-electron chi connectivity index (χ2n) is 5.75. The van der Waals surface area contributed by atoms with Gasteiger partial charge >= 0.3 is 6.18 Å². The Hall–Kier alpha value is -2.61. The van der Waals surface area contributed by atoms with E-state index < -0.39 is 11.7 Å². The van der Waals surface area contributed by atoms with E-state index in [1.165, 1.54) is 19.2 Å². The first-order valence-corrected chi connectivity index (χ1v) is 8.79. The van der Waals surface area contributed by atoms with Crippen LogP contribution in [0.5, 0.6) is 11.5 Å². The monoisotopic (exact) mass is 416 g/mol. The zero-order valence-electron chi connectivity index (χ0n) is 15.3. The number of rotatable bonds is 8. The highest BCUT2D eigenvalue weighted by Gasteiger charge is 2.30. The van der Waals surface area contributed by atoms with E-state index in [2.05, 4.69) is 10.6 Å².